The Bertz CT molecular complexity index is 580. The van der Waals surface area contributed by atoms with E-state index in [0.717, 1.165) is 10.7 Å². The number of non-ortho nitro benzene ring substituents is 1. The van der Waals surface area contributed by atoms with Crippen LogP contribution in [-0.4, -0.2) is 36.2 Å². The quantitative estimate of drug-likeness (QED) is 0.597. The van der Waals surface area contributed by atoms with Gasteiger partial charge in [0.15, 0.2) is 0 Å². The third kappa shape index (κ3) is 1.93. The van der Waals surface area contributed by atoms with Gasteiger partial charge in [-0.2, -0.15) is 4.68 Å². The van der Waals surface area contributed by atoms with Crippen LogP contribution in [0.5, 0.6) is 0 Å². The van der Waals surface area contributed by atoms with Gasteiger partial charge in [-0.05, 0) is 16.5 Å². The Morgan fingerprint density at radius 2 is 2.24 bits per heavy atom. The van der Waals surface area contributed by atoms with Crippen molar-refractivity contribution in [2.45, 2.75) is 0 Å². The number of aromatic nitrogens is 4. The van der Waals surface area contributed by atoms with E-state index in [4.69, 9.17) is 5.11 Å². The van der Waals surface area contributed by atoms with Gasteiger partial charge < -0.3 is 5.11 Å². The van der Waals surface area contributed by atoms with Gasteiger partial charge >= 0.3 is 5.97 Å². The second-order valence-electron chi connectivity index (χ2n) is 3.02. The number of tetrazole rings is 1. The van der Waals surface area contributed by atoms with Gasteiger partial charge in [-0.1, -0.05) is 0 Å². The van der Waals surface area contributed by atoms with Gasteiger partial charge in [0.05, 0.1) is 16.2 Å². The van der Waals surface area contributed by atoms with E-state index in [1.54, 1.807) is 0 Å². The Labute approximate surface area is 93.4 Å². The van der Waals surface area contributed by atoms with Crippen LogP contribution in [0.1, 0.15) is 10.4 Å². The number of rotatable bonds is 3. The average molecular weight is 235 g/mol. The molecule has 1 aromatic carbocycles. The summed E-state index contributed by atoms with van der Waals surface area (Å²) < 4.78 is 1.12. The van der Waals surface area contributed by atoms with E-state index in [0.29, 0.717) is 0 Å². The molecular formula is C8H5N5O4. The third-order valence-corrected chi connectivity index (χ3v) is 2.02. The van der Waals surface area contributed by atoms with E-state index < -0.39 is 10.9 Å². The average Bonchev–Trinajstić information content (AvgIpc) is 2.81. The van der Waals surface area contributed by atoms with Gasteiger partial charge in [-0.3, -0.25) is 10.1 Å². The Balaban J connectivity index is 2.61. The number of nitro groups is 1. The number of hydrogen-bond donors (Lipinski definition) is 1. The van der Waals surface area contributed by atoms with Crippen LogP contribution in [-0.2, 0) is 0 Å². The highest BCUT2D eigenvalue weighted by Crippen LogP contribution is 2.20. The molecule has 0 saturated carbocycles. The molecule has 0 aliphatic carbocycles. The number of carboxylic acid groups (broad SMARTS) is 1. The standard InChI is InChI=1S/C8H5N5O4/c14-8(15)6-3-5(13(16)17)1-2-7(6)12-4-9-10-11-12/h1-4H,(H,14,15). The van der Waals surface area contributed by atoms with Crippen LogP contribution < -0.4 is 0 Å². The zero-order valence-electron chi connectivity index (χ0n) is 8.22. The minimum absolute atomic E-state index is 0.160. The maximum absolute atomic E-state index is 11.0. The summed E-state index contributed by atoms with van der Waals surface area (Å²) in [5.74, 6) is -1.29. The molecule has 0 atom stereocenters. The van der Waals surface area contributed by atoms with Crippen molar-refractivity contribution in [3.05, 3.63) is 40.2 Å². The van der Waals surface area contributed by atoms with E-state index in [-0.39, 0.29) is 16.9 Å². The van der Waals surface area contributed by atoms with Crippen molar-refractivity contribution in [3.63, 3.8) is 0 Å². The van der Waals surface area contributed by atoms with Crippen molar-refractivity contribution in [1.29, 1.82) is 0 Å². The maximum Gasteiger partial charge on any atom is 0.338 e. The number of hydrogen-bond acceptors (Lipinski definition) is 6. The molecule has 1 heterocycles. The molecule has 17 heavy (non-hydrogen) atoms. The SMILES string of the molecule is O=C(O)c1cc([N+](=O)[O-])ccc1-n1cnnn1. The predicted molar refractivity (Wildman–Crippen MR) is 52.8 cm³/mol. The second kappa shape index (κ2) is 3.96. The van der Waals surface area contributed by atoms with E-state index in [9.17, 15) is 14.9 Å². The molecule has 1 N–H and O–H groups in total. The second-order valence-corrected chi connectivity index (χ2v) is 3.02. The first-order chi connectivity index (χ1) is 8.09. The highest BCUT2D eigenvalue weighted by molar-refractivity contribution is 5.92. The summed E-state index contributed by atoms with van der Waals surface area (Å²) in [5.41, 5.74) is -0.390. The number of nitrogens with zero attached hydrogens (tertiary/aromatic N) is 5. The first-order valence-corrected chi connectivity index (χ1v) is 4.34. The largest absolute Gasteiger partial charge is 0.478 e. The summed E-state index contributed by atoms with van der Waals surface area (Å²) in [6, 6.07) is 3.42. The van der Waals surface area contributed by atoms with Crippen LogP contribution >= 0.6 is 0 Å². The highest BCUT2D eigenvalue weighted by Gasteiger charge is 2.17. The lowest BCUT2D eigenvalue weighted by atomic mass is 10.1. The van der Waals surface area contributed by atoms with Crippen molar-refractivity contribution in [2.75, 3.05) is 0 Å². The molecule has 0 spiro atoms. The van der Waals surface area contributed by atoms with Crippen molar-refractivity contribution in [2.24, 2.45) is 0 Å². The van der Waals surface area contributed by atoms with Gasteiger partial charge in [0.2, 0.25) is 0 Å². The van der Waals surface area contributed by atoms with E-state index in [2.05, 4.69) is 15.5 Å². The normalized spacial score (nSPS) is 10.1. The Kier molecular flexibility index (Phi) is 2.49. The van der Waals surface area contributed by atoms with Crippen molar-refractivity contribution in [3.8, 4) is 5.69 Å². The van der Waals surface area contributed by atoms with Crippen LogP contribution in [0.15, 0.2) is 24.5 Å². The summed E-state index contributed by atoms with van der Waals surface area (Å²) in [6.45, 7) is 0. The van der Waals surface area contributed by atoms with Crippen LogP contribution in [0.2, 0.25) is 0 Å². The fourth-order valence-corrected chi connectivity index (χ4v) is 1.28. The molecule has 0 fully saturated rings. The van der Waals surface area contributed by atoms with E-state index in [1.165, 1.54) is 18.5 Å². The predicted octanol–water partition coefficient (Wildman–Crippen LogP) is 0.269. The monoisotopic (exact) mass is 235 g/mol. The smallest absolute Gasteiger partial charge is 0.338 e. The lowest BCUT2D eigenvalue weighted by Crippen LogP contribution is -2.07. The fourth-order valence-electron chi connectivity index (χ4n) is 1.28. The topological polar surface area (TPSA) is 124 Å². The minimum atomic E-state index is -1.29. The number of carboxylic acids is 1. The number of nitro benzene ring substituents is 1. The first kappa shape index (κ1) is 10.7. The summed E-state index contributed by atoms with van der Waals surface area (Å²) in [6.07, 6.45) is 1.20. The molecule has 9 heteroatoms. The fraction of sp³-hybridized carbons (Fsp3) is 0. The molecule has 2 rings (SSSR count). The molecule has 86 valence electrons. The molecule has 9 nitrogen and oxygen atoms in total. The molecule has 0 saturated heterocycles. The molecule has 0 aliphatic heterocycles. The zero-order valence-corrected chi connectivity index (χ0v) is 8.22. The lowest BCUT2D eigenvalue weighted by molar-refractivity contribution is -0.384. The summed E-state index contributed by atoms with van der Waals surface area (Å²) >= 11 is 0. The van der Waals surface area contributed by atoms with Gasteiger partial charge in [0, 0.05) is 12.1 Å². The molecule has 0 radical (unpaired) electrons. The van der Waals surface area contributed by atoms with Gasteiger partial charge in [-0.25, -0.2) is 4.79 Å². The summed E-state index contributed by atoms with van der Waals surface area (Å²) in [7, 11) is 0. The number of aromatic carboxylic acids is 1. The lowest BCUT2D eigenvalue weighted by Gasteiger charge is -2.03. The van der Waals surface area contributed by atoms with Crippen molar-refractivity contribution in [1.82, 2.24) is 20.2 Å². The third-order valence-electron chi connectivity index (χ3n) is 2.02. The first-order valence-electron chi connectivity index (χ1n) is 4.34. The molecule has 1 aromatic heterocycles. The summed E-state index contributed by atoms with van der Waals surface area (Å²) in [4.78, 5) is 20.9. The number of benzene rings is 1. The number of carbonyl (C=O) groups is 1. The Morgan fingerprint density at radius 3 is 2.76 bits per heavy atom. The highest BCUT2D eigenvalue weighted by atomic mass is 16.6. The molecule has 0 amide bonds. The van der Waals surface area contributed by atoms with Crippen LogP contribution in [0.4, 0.5) is 5.69 Å². The van der Waals surface area contributed by atoms with Crippen molar-refractivity contribution >= 4 is 11.7 Å². The van der Waals surface area contributed by atoms with E-state index in [1.807, 2.05) is 0 Å². The van der Waals surface area contributed by atoms with Gasteiger partial charge in [0.1, 0.15) is 6.33 Å². The Hall–Kier alpha value is -2.84. The van der Waals surface area contributed by atoms with Crippen LogP contribution in [0.25, 0.3) is 5.69 Å². The van der Waals surface area contributed by atoms with Gasteiger partial charge in [-0.15, -0.1) is 5.10 Å². The van der Waals surface area contributed by atoms with Crippen LogP contribution in [0, 0.1) is 10.1 Å². The molecule has 2 aromatic rings. The molecule has 0 bridgehead atoms. The molecular weight excluding hydrogens is 230 g/mol. The molecule has 0 unspecified atom stereocenters. The minimum Gasteiger partial charge on any atom is -0.478 e. The van der Waals surface area contributed by atoms with Gasteiger partial charge in [0.25, 0.3) is 5.69 Å². The molecule has 0 aliphatic rings. The van der Waals surface area contributed by atoms with Crippen LogP contribution in [0.3, 0.4) is 0 Å². The summed E-state index contributed by atoms with van der Waals surface area (Å²) in [5, 5.41) is 29.8. The maximum atomic E-state index is 11.0. The van der Waals surface area contributed by atoms with Crippen molar-refractivity contribution < 1.29 is 14.8 Å². The zero-order chi connectivity index (χ0) is 12.4. The Morgan fingerprint density at radius 1 is 1.47 bits per heavy atom. The van der Waals surface area contributed by atoms with E-state index >= 15 is 0 Å².